The molecule has 4 heterocycles. The van der Waals surface area contributed by atoms with Crippen molar-refractivity contribution in [3.8, 4) is 0 Å². The summed E-state index contributed by atoms with van der Waals surface area (Å²) in [6.45, 7) is 10.9. The lowest BCUT2D eigenvalue weighted by molar-refractivity contribution is -0.172. The maximum atomic E-state index is 12.4. The number of piperidine rings is 2. The molecule has 1 atom stereocenters. The molecule has 0 radical (unpaired) electrons. The second-order valence-corrected chi connectivity index (χ2v) is 15.4. The number of carbonyl (C=O) groups is 2. The van der Waals surface area contributed by atoms with E-state index in [1.807, 2.05) is 58.3 Å². The van der Waals surface area contributed by atoms with Crippen molar-refractivity contribution >= 4 is 17.5 Å². The topological polar surface area (TPSA) is 65.6 Å². The Morgan fingerprint density at radius 1 is 0.566 bits per heavy atom. The molecule has 4 aliphatic rings. The summed E-state index contributed by atoms with van der Waals surface area (Å²) in [6.07, 6.45) is 3.92. The number of rotatable bonds is 8. The van der Waals surface area contributed by atoms with Crippen molar-refractivity contribution in [1.29, 1.82) is 0 Å². The van der Waals surface area contributed by atoms with E-state index in [1.165, 1.54) is 16.7 Å². The van der Waals surface area contributed by atoms with Crippen molar-refractivity contribution in [2.24, 2.45) is 0 Å². The van der Waals surface area contributed by atoms with E-state index in [9.17, 15) is 9.59 Å². The Bertz CT molecular complexity index is 1740. The average Bonchev–Trinajstić information content (AvgIpc) is 3.21. The monoisotopic (exact) mass is 714 g/mol. The third-order valence-electron chi connectivity index (χ3n) is 11.6. The second-order valence-electron chi connectivity index (χ2n) is 15.4. The van der Waals surface area contributed by atoms with E-state index < -0.39 is 0 Å². The summed E-state index contributed by atoms with van der Waals surface area (Å²) in [5.74, 6) is 0.688. The van der Waals surface area contributed by atoms with Crippen LogP contribution in [0.5, 0.6) is 0 Å². The molecule has 8 rings (SSSR count). The van der Waals surface area contributed by atoms with Crippen LogP contribution < -0.4 is 4.90 Å². The van der Waals surface area contributed by atoms with Crippen molar-refractivity contribution < 1.29 is 19.1 Å². The summed E-state index contributed by atoms with van der Waals surface area (Å²) < 4.78 is 12.2. The fraction of sp³-hybridized carbons (Fsp3) is 0.422. The lowest BCUT2D eigenvalue weighted by Crippen LogP contribution is -2.59. The Morgan fingerprint density at radius 3 is 1.62 bits per heavy atom. The fourth-order valence-corrected chi connectivity index (χ4v) is 8.28. The number of likely N-dealkylation sites (tertiary alicyclic amines) is 2. The van der Waals surface area contributed by atoms with Crippen LogP contribution in [-0.4, -0.2) is 96.7 Å². The maximum absolute atomic E-state index is 12.4. The standard InChI is InChI=1S/C23H28N2O2.C22H26N2O2/c1-19(20-8-4-2-5-9-20)16-24-14-12-23(13-15-24)18-25(22(26)17-27-23)21-10-6-3-7-11-21;25-21-17-26-22(18-24(21)16-20-9-5-2-6-10-20)11-13-23(14-12-22)15-19-7-3-1-4-8-19/h2-11,19H,12-18H2,1H3;1-10H,11-18H2. The zero-order valence-electron chi connectivity index (χ0n) is 31.2. The average molecular weight is 715 g/mol. The number of nitrogens with zero attached hydrogens (tertiary/aromatic N) is 4. The summed E-state index contributed by atoms with van der Waals surface area (Å²) in [4.78, 5) is 33.6. The molecule has 2 amide bonds. The van der Waals surface area contributed by atoms with Crippen LogP contribution in [0.2, 0.25) is 0 Å². The summed E-state index contributed by atoms with van der Waals surface area (Å²) >= 11 is 0. The molecule has 53 heavy (non-hydrogen) atoms. The molecule has 4 fully saturated rings. The Morgan fingerprint density at radius 2 is 1.04 bits per heavy atom. The van der Waals surface area contributed by atoms with Gasteiger partial charge in [0.25, 0.3) is 5.91 Å². The number of anilines is 1. The molecule has 0 aromatic heterocycles. The zero-order chi connectivity index (χ0) is 36.5. The molecule has 0 saturated carbocycles. The lowest BCUT2D eigenvalue weighted by atomic mass is 9.88. The summed E-state index contributed by atoms with van der Waals surface area (Å²) in [5.41, 5.74) is 4.54. The second kappa shape index (κ2) is 17.2. The largest absolute Gasteiger partial charge is 0.363 e. The predicted octanol–water partition coefficient (Wildman–Crippen LogP) is 6.77. The predicted molar refractivity (Wildman–Crippen MR) is 210 cm³/mol. The highest BCUT2D eigenvalue weighted by molar-refractivity contribution is 5.95. The number of hydrogen-bond donors (Lipinski definition) is 0. The molecule has 278 valence electrons. The first-order chi connectivity index (χ1) is 25.9. The van der Waals surface area contributed by atoms with Gasteiger partial charge in [-0.3, -0.25) is 14.5 Å². The lowest BCUT2D eigenvalue weighted by Gasteiger charge is -2.47. The number of para-hydroxylation sites is 1. The van der Waals surface area contributed by atoms with Gasteiger partial charge in [0.2, 0.25) is 5.91 Å². The van der Waals surface area contributed by atoms with E-state index in [-0.39, 0.29) is 36.2 Å². The number of morpholine rings is 2. The van der Waals surface area contributed by atoms with Gasteiger partial charge in [-0.1, -0.05) is 116 Å². The first-order valence-electron chi connectivity index (χ1n) is 19.4. The van der Waals surface area contributed by atoms with Crippen LogP contribution in [0, 0.1) is 0 Å². The minimum Gasteiger partial charge on any atom is -0.363 e. The van der Waals surface area contributed by atoms with E-state index in [0.717, 1.165) is 70.6 Å². The molecular formula is C45H54N4O4. The van der Waals surface area contributed by atoms with Gasteiger partial charge in [-0.05, 0) is 60.4 Å². The van der Waals surface area contributed by atoms with Crippen LogP contribution in [0.4, 0.5) is 5.69 Å². The van der Waals surface area contributed by atoms with Crippen LogP contribution in [0.25, 0.3) is 0 Å². The fourth-order valence-electron chi connectivity index (χ4n) is 8.28. The van der Waals surface area contributed by atoms with Crippen LogP contribution in [0.15, 0.2) is 121 Å². The zero-order valence-corrected chi connectivity index (χ0v) is 31.2. The van der Waals surface area contributed by atoms with Crippen molar-refractivity contribution in [1.82, 2.24) is 14.7 Å². The highest BCUT2D eigenvalue weighted by Gasteiger charge is 2.43. The maximum Gasteiger partial charge on any atom is 0.253 e. The molecule has 4 aromatic carbocycles. The van der Waals surface area contributed by atoms with Gasteiger partial charge in [0.1, 0.15) is 13.2 Å². The van der Waals surface area contributed by atoms with E-state index in [4.69, 9.17) is 9.47 Å². The number of ether oxygens (including phenoxy) is 2. The molecule has 4 aliphatic heterocycles. The molecule has 1 unspecified atom stereocenters. The van der Waals surface area contributed by atoms with Crippen LogP contribution in [0.3, 0.4) is 0 Å². The van der Waals surface area contributed by atoms with Crippen LogP contribution in [0.1, 0.15) is 55.2 Å². The highest BCUT2D eigenvalue weighted by atomic mass is 16.5. The first-order valence-corrected chi connectivity index (χ1v) is 19.4. The number of carbonyl (C=O) groups excluding carboxylic acids is 2. The van der Waals surface area contributed by atoms with E-state index in [0.29, 0.717) is 25.6 Å². The minimum absolute atomic E-state index is 0.0620. The quantitative estimate of drug-likeness (QED) is 0.201. The summed E-state index contributed by atoms with van der Waals surface area (Å²) in [6, 6.07) is 41.5. The summed E-state index contributed by atoms with van der Waals surface area (Å²) in [5, 5.41) is 0. The molecule has 4 saturated heterocycles. The molecule has 4 aromatic rings. The Hall–Kier alpha value is -4.34. The van der Waals surface area contributed by atoms with Gasteiger partial charge in [0, 0.05) is 51.5 Å². The number of benzene rings is 4. The Kier molecular flexibility index (Phi) is 12.0. The smallest absolute Gasteiger partial charge is 0.253 e. The molecule has 0 aliphatic carbocycles. The normalized spacial score (nSPS) is 20.9. The third kappa shape index (κ3) is 9.61. The molecule has 8 heteroatoms. The minimum atomic E-state index is -0.198. The molecule has 0 bridgehead atoms. The van der Waals surface area contributed by atoms with Crippen molar-refractivity contribution in [3.63, 3.8) is 0 Å². The van der Waals surface area contributed by atoms with Crippen molar-refractivity contribution in [2.45, 2.75) is 62.8 Å². The Balaban J connectivity index is 0.000000164. The van der Waals surface area contributed by atoms with Gasteiger partial charge in [0.15, 0.2) is 0 Å². The number of hydrogen-bond acceptors (Lipinski definition) is 6. The van der Waals surface area contributed by atoms with Crippen LogP contribution >= 0.6 is 0 Å². The van der Waals surface area contributed by atoms with Crippen molar-refractivity contribution in [2.75, 3.05) is 63.9 Å². The Labute approximate surface area is 315 Å². The van der Waals surface area contributed by atoms with E-state index in [1.54, 1.807) is 0 Å². The SMILES string of the molecule is CC(CN1CCC2(CC1)CN(c1ccccc1)C(=O)CO2)c1ccccc1.O=C1COC2(CCN(Cc3ccccc3)CC2)CN1Cc1ccccc1. The van der Waals surface area contributed by atoms with Crippen molar-refractivity contribution in [3.05, 3.63) is 138 Å². The molecular weight excluding hydrogens is 661 g/mol. The van der Waals surface area contributed by atoms with Gasteiger partial charge in [-0.25, -0.2) is 0 Å². The molecule has 2 spiro atoms. The van der Waals surface area contributed by atoms with E-state index >= 15 is 0 Å². The summed E-state index contributed by atoms with van der Waals surface area (Å²) in [7, 11) is 0. The van der Waals surface area contributed by atoms with Gasteiger partial charge in [-0.15, -0.1) is 0 Å². The molecule has 0 N–H and O–H groups in total. The van der Waals surface area contributed by atoms with E-state index in [2.05, 4.69) is 89.5 Å². The number of amides is 2. The molecule has 8 nitrogen and oxygen atoms in total. The van der Waals surface area contributed by atoms with Gasteiger partial charge in [-0.2, -0.15) is 0 Å². The highest BCUT2D eigenvalue weighted by Crippen LogP contribution is 2.34. The third-order valence-corrected chi connectivity index (χ3v) is 11.6. The first kappa shape index (κ1) is 37.0. The van der Waals surface area contributed by atoms with Crippen LogP contribution in [-0.2, 0) is 32.2 Å². The van der Waals surface area contributed by atoms with Gasteiger partial charge >= 0.3 is 0 Å². The van der Waals surface area contributed by atoms with Gasteiger partial charge < -0.3 is 24.2 Å². The van der Waals surface area contributed by atoms with Gasteiger partial charge in [0.05, 0.1) is 24.3 Å².